The van der Waals surface area contributed by atoms with E-state index in [1.807, 2.05) is 4.57 Å². The molecule has 1 aliphatic heterocycles. The Balaban J connectivity index is 1.61. The van der Waals surface area contributed by atoms with Crippen molar-refractivity contribution in [3.05, 3.63) is 29.8 Å². The topological polar surface area (TPSA) is 70.4 Å². The van der Waals surface area contributed by atoms with Gasteiger partial charge in [-0.25, -0.2) is 0 Å². The van der Waals surface area contributed by atoms with Crippen LogP contribution in [0.2, 0.25) is 0 Å². The number of alkyl halides is 2. The third-order valence-electron chi connectivity index (χ3n) is 3.82. The summed E-state index contributed by atoms with van der Waals surface area (Å²) in [5.74, 6) is 1.89. The first kappa shape index (κ1) is 17.4. The van der Waals surface area contributed by atoms with E-state index in [-0.39, 0.29) is 18.6 Å². The van der Waals surface area contributed by atoms with Crippen LogP contribution in [0.1, 0.15) is 31.3 Å². The maximum Gasteiger partial charge on any atom is 0.387 e. The molecule has 0 unspecified atom stereocenters. The predicted octanol–water partition coefficient (Wildman–Crippen LogP) is 2.52. The number of hydrogen-bond donors (Lipinski definition) is 1. The van der Waals surface area contributed by atoms with E-state index in [0.29, 0.717) is 36.6 Å². The van der Waals surface area contributed by atoms with Crippen LogP contribution in [0.4, 0.5) is 8.78 Å². The minimum atomic E-state index is -2.90. The summed E-state index contributed by atoms with van der Waals surface area (Å²) >= 11 is 0. The molecule has 0 amide bonds. The molecule has 0 fully saturated rings. The number of fused-ring (bicyclic) bond motifs is 1. The minimum Gasteiger partial charge on any atom is -0.454 e. The number of nitrogens with zero attached hydrogens (tertiary/aromatic N) is 3. The second-order valence-corrected chi connectivity index (χ2v) is 5.87. The standard InChI is InChI=1S/C16H20F2N4O3/c1-10(2)22-8-20-21-15(22)3-4-19-7-11-5-13-14(24-9-23-13)6-12(11)25-16(17)18/h5-6,8,10,16,19H,3-4,7,9H2,1-2H3. The lowest BCUT2D eigenvalue weighted by Crippen LogP contribution is -2.19. The van der Waals surface area contributed by atoms with Gasteiger partial charge in [-0.3, -0.25) is 0 Å². The van der Waals surface area contributed by atoms with E-state index in [0.717, 1.165) is 5.82 Å². The summed E-state index contributed by atoms with van der Waals surface area (Å²) in [5, 5.41) is 11.2. The summed E-state index contributed by atoms with van der Waals surface area (Å²) in [7, 11) is 0. The van der Waals surface area contributed by atoms with Crippen LogP contribution < -0.4 is 19.5 Å². The molecule has 1 aliphatic rings. The molecular formula is C16H20F2N4O3. The lowest BCUT2D eigenvalue weighted by molar-refractivity contribution is -0.0505. The molecule has 0 aliphatic carbocycles. The molecular weight excluding hydrogens is 334 g/mol. The number of rotatable bonds is 8. The molecule has 25 heavy (non-hydrogen) atoms. The molecule has 0 saturated heterocycles. The Labute approximate surface area is 143 Å². The highest BCUT2D eigenvalue weighted by Crippen LogP contribution is 2.38. The van der Waals surface area contributed by atoms with Crippen molar-refractivity contribution < 1.29 is 23.0 Å². The molecule has 2 heterocycles. The van der Waals surface area contributed by atoms with E-state index >= 15 is 0 Å². The minimum absolute atomic E-state index is 0.0746. The zero-order chi connectivity index (χ0) is 17.8. The smallest absolute Gasteiger partial charge is 0.387 e. The van der Waals surface area contributed by atoms with Gasteiger partial charge in [0, 0.05) is 37.2 Å². The van der Waals surface area contributed by atoms with Crippen molar-refractivity contribution in [3.8, 4) is 17.2 Å². The van der Waals surface area contributed by atoms with Crippen molar-refractivity contribution in [2.45, 2.75) is 39.5 Å². The summed E-state index contributed by atoms with van der Waals surface area (Å²) in [4.78, 5) is 0. The van der Waals surface area contributed by atoms with Crippen LogP contribution in [-0.4, -0.2) is 34.7 Å². The molecule has 1 aromatic heterocycles. The molecule has 1 aromatic carbocycles. The summed E-state index contributed by atoms with van der Waals surface area (Å²) < 4.78 is 42.3. The Morgan fingerprint density at radius 1 is 1.28 bits per heavy atom. The van der Waals surface area contributed by atoms with E-state index in [2.05, 4.69) is 34.1 Å². The summed E-state index contributed by atoms with van der Waals surface area (Å²) in [6, 6.07) is 3.37. The van der Waals surface area contributed by atoms with Crippen molar-refractivity contribution in [1.29, 1.82) is 0 Å². The maximum absolute atomic E-state index is 12.6. The number of aromatic nitrogens is 3. The fourth-order valence-corrected chi connectivity index (χ4v) is 2.61. The zero-order valence-corrected chi connectivity index (χ0v) is 14.0. The highest BCUT2D eigenvalue weighted by atomic mass is 19.3. The third-order valence-corrected chi connectivity index (χ3v) is 3.82. The maximum atomic E-state index is 12.6. The molecule has 0 bridgehead atoms. The second kappa shape index (κ2) is 7.64. The van der Waals surface area contributed by atoms with E-state index in [1.54, 1.807) is 12.4 Å². The number of benzene rings is 1. The molecule has 0 spiro atoms. The van der Waals surface area contributed by atoms with Gasteiger partial charge in [0.15, 0.2) is 11.5 Å². The average molecular weight is 354 g/mol. The van der Waals surface area contributed by atoms with Gasteiger partial charge in [-0.1, -0.05) is 0 Å². The molecule has 1 N–H and O–H groups in total. The molecule has 0 atom stereocenters. The summed E-state index contributed by atoms with van der Waals surface area (Å²) in [6.45, 7) is 2.26. The Kier molecular flexibility index (Phi) is 5.32. The van der Waals surface area contributed by atoms with Gasteiger partial charge in [-0.15, -0.1) is 10.2 Å². The highest BCUT2D eigenvalue weighted by molar-refractivity contribution is 5.51. The molecule has 3 rings (SSSR count). The second-order valence-electron chi connectivity index (χ2n) is 5.87. The first-order chi connectivity index (χ1) is 12.0. The van der Waals surface area contributed by atoms with Gasteiger partial charge < -0.3 is 24.1 Å². The summed E-state index contributed by atoms with van der Waals surface area (Å²) in [5.41, 5.74) is 0.579. The van der Waals surface area contributed by atoms with Gasteiger partial charge in [-0.05, 0) is 19.9 Å². The monoisotopic (exact) mass is 354 g/mol. The van der Waals surface area contributed by atoms with Gasteiger partial charge in [-0.2, -0.15) is 8.78 Å². The van der Waals surface area contributed by atoms with Crippen molar-refractivity contribution in [2.75, 3.05) is 13.3 Å². The normalized spacial score (nSPS) is 13.0. The fraction of sp³-hybridized carbons (Fsp3) is 0.500. The molecule has 136 valence electrons. The third kappa shape index (κ3) is 4.16. The van der Waals surface area contributed by atoms with E-state index in [4.69, 9.17) is 9.47 Å². The van der Waals surface area contributed by atoms with E-state index in [9.17, 15) is 8.78 Å². The summed E-state index contributed by atoms with van der Waals surface area (Å²) in [6.07, 6.45) is 2.38. The number of ether oxygens (including phenoxy) is 3. The van der Waals surface area contributed by atoms with Gasteiger partial charge in [0.25, 0.3) is 0 Å². The van der Waals surface area contributed by atoms with Crippen molar-refractivity contribution in [3.63, 3.8) is 0 Å². The zero-order valence-electron chi connectivity index (χ0n) is 14.0. The predicted molar refractivity (Wildman–Crippen MR) is 85.0 cm³/mol. The molecule has 0 radical (unpaired) electrons. The van der Waals surface area contributed by atoms with Crippen LogP contribution in [0, 0.1) is 0 Å². The molecule has 0 saturated carbocycles. The Hall–Kier alpha value is -2.42. The Bertz CT molecular complexity index is 721. The Morgan fingerprint density at radius 2 is 2.04 bits per heavy atom. The molecule has 7 nitrogen and oxygen atoms in total. The largest absolute Gasteiger partial charge is 0.454 e. The lowest BCUT2D eigenvalue weighted by atomic mass is 10.1. The van der Waals surface area contributed by atoms with Crippen LogP contribution in [0.3, 0.4) is 0 Å². The van der Waals surface area contributed by atoms with Crippen molar-refractivity contribution in [2.24, 2.45) is 0 Å². The first-order valence-corrected chi connectivity index (χ1v) is 8.01. The average Bonchev–Trinajstić information content (AvgIpc) is 3.19. The van der Waals surface area contributed by atoms with E-state index in [1.165, 1.54) is 6.07 Å². The number of halogens is 2. The lowest BCUT2D eigenvalue weighted by Gasteiger charge is -2.13. The number of nitrogens with one attached hydrogen (secondary N) is 1. The van der Waals surface area contributed by atoms with Gasteiger partial charge in [0.1, 0.15) is 17.9 Å². The Morgan fingerprint density at radius 3 is 2.76 bits per heavy atom. The van der Waals surface area contributed by atoms with Gasteiger partial charge in [0.05, 0.1) is 0 Å². The van der Waals surface area contributed by atoms with Crippen LogP contribution in [0.5, 0.6) is 17.2 Å². The molecule has 2 aromatic rings. The van der Waals surface area contributed by atoms with Crippen LogP contribution >= 0.6 is 0 Å². The van der Waals surface area contributed by atoms with Gasteiger partial charge >= 0.3 is 6.61 Å². The molecule has 9 heteroatoms. The first-order valence-electron chi connectivity index (χ1n) is 8.01. The van der Waals surface area contributed by atoms with Crippen LogP contribution in [0.15, 0.2) is 18.5 Å². The number of hydrogen-bond acceptors (Lipinski definition) is 6. The van der Waals surface area contributed by atoms with Crippen molar-refractivity contribution >= 4 is 0 Å². The van der Waals surface area contributed by atoms with Crippen LogP contribution in [-0.2, 0) is 13.0 Å². The SMILES string of the molecule is CC(C)n1cnnc1CCNCc1cc2c(cc1OC(F)F)OCO2. The quantitative estimate of drug-likeness (QED) is 0.735. The van der Waals surface area contributed by atoms with Crippen molar-refractivity contribution in [1.82, 2.24) is 20.1 Å². The van der Waals surface area contributed by atoms with Crippen LogP contribution in [0.25, 0.3) is 0 Å². The highest BCUT2D eigenvalue weighted by Gasteiger charge is 2.20. The van der Waals surface area contributed by atoms with E-state index < -0.39 is 6.61 Å². The fourth-order valence-electron chi connectivity index (χ4n) is 2.61. The van der Waals surface area contributed by atoms with Gasteiger partial charge in [0.2, 0.25) is 6.79 Å².